The minimum Gasteiger partial charge on any atom is -0.370 e. The average Bonchev–Trinajstić information content (AvgIpc) is 2.98. The first-order chi connectivity index (χ1) is 7.66. The molecule has 16 heavy (non-hydrogen) atoms. The van der Waals surface area contributed by atoms with Crippen molar-refractivity contribution in [3.05, 3.63) is 24.4 Å². The first kappa shape index (κ1) is 10.9. The maximum absolute atomic E-state index is 5.81. The Balaban J connectivity index is 1.90. The molecule has 1 saturated carbocycles. The largest absolute Gasteiger partial charge is 0.370 e. The van der Waals surface area contributed by atoms with E-state index >= 15 is 0 Å². The van der Waals surface area contributed by atoms with Gasteiger partial charge in [0.2, 0.25) is 0 Å². The van der Waals surface area contributed by atoms with Crippen LogP contribution >= 0.6 is 0 Å². The summed E-state index contributed by atoms with van der Waals surface area (Å²) in [6, 6.07) is 6.05. The average molecular weight is 218 g/mol. The SMILES string of the molecule is CC(C)[C@@H]1C[C@H]1N=C(N)Nc1ccccn1. The molecule has 2 atom stereocenters. The number of nitrogens with two attached hydrogens (primary N) is 1. The van der Waals surface area contributed by atoms with Crippen molar-refractivity contribution in [1.29, 1.82) is 0 Å². The highest BCUT2D eigenvalue weighted by atomic mass is 15.1. The highest BCUT2D eigenvalue weighted by Crippen LogP contribution is 2.39. The third kappa shape index (κ3) is 2.72. The van der Waals surface area contributed by atoms with Gasteiger partial charge in [0.15, 0.2) is 5.96 Å². The van der Waals surface area contributed by atoms with Gasteiger partial charge in [-0.1, -0.05) is 19.9 Å². The predicted octanol–water partition coefficient (Wildman–Crippen LogP) is 1.85. The van der Waals surface area contributed by atoms with E-state index < -0.39 is 0 Å². The Labute approximate surface area is 96.0 Å². The van der Waals surface area contributed by atoms with Crippen molar-refractivity contribution in [3.63, 3.8) is 0 Å². The molecule has 0 aliphatic heterocycles. The monoisotopic (exact) mass is 218 g/mol. The third-order valence-corrected chi connectivity index (χ3v) is 2.89. The van der Waals surface area contributed by atoms with Gasteiger partial charge in [0, 0.05) is 6.20 Å². The summed E-state index contributed by atoms with van der Waals surface area (Å²) in [5.41, 5.74) is 5.81. The second-order valence-corrected chi connectivity index (χ2v) is 4.57. The zero-order chi connectivity index (χ0) is 11.5. The summed E-state index contributed by atoms with van der Waals surface area (Å²) >= 11 is 0. The molecule has 1 fully saturated rings. The molecule has 0 spiro atoms. The maximum Gasteiger partial charge on any atom is 0.194 e. The lowest BCUT2D eigenvalue weighted by atomic mass is 10.1. The molecule has 1 heterocycles. The molecule has 1 aliphatic rings. The van der Waals surface area contributed by atoms with Crippen molar-refractivity contribution in [3.8, 4) is 0 Å². The van der Waals surface area contributed by atoms with Crippen LogP contribution in [-0.2, 0) is 0 Å². The summed E-state index contributed by atoms with van der Waals surface area (Å²) in [5, 5.41) is 2.99. The Morgan fingerprint density at radius 3 is 2.94 bits per heavy atom. The minimum atomic E-state index is 0.399. The summed E-state index contributed by atoms with van der Waals surface area (Å²) in [7, 11) is 0. The number of anilines is 1. The van der Waals surface area contributed by atoms with Gasteiger partial charge >= 0.3 is 0 Å². The lowest BCUT2D eigenvalue weighted by molar-refractivity contribution is 0.548. The van der Waals surface area contributed by atoms with Crippen LogP contribution in [0.3, 0.4) is 0 Å². The van der Waals surface area contributed by atoms with E-state index in [9.17, 15) is 0 Å². The highest BCUT2D eigenvalue weighted by Gasteiger charge is 2.39. The standard InChI is InChI=1S/C12H18N4/c1-8(2)9-7-10(9)15-12(13)16-11-5-3-4-6-14-11/h3-6,8-10H,7H2,1-2H3,(H3,13,14,15,16)/t9-,10+/m0/s1. The topological polar surface area (TPSA) is 63.3 Å². The third-order valence-electron chi connectivity index (χ3n) is 2.89. The molecule has 1 aromatic rings. The maximum atomic E-state index is 5.81. The van der Waals surface area contributed by atoms with Crippen LogP contribution in [0.5, 0.6) is 0 Å². The number of rotatable bonds is 3. The van der Waals surface area contributed by atoms with Crippen LogP contribution < -0.4 is 11.1 Å². The van der Waals surface area contributed by atoms with Gasteiger partial charge < -0.3 is 11.1 Å². The van der Waals surface area contributed by atoms with Gasteiger partial charge in [-0.2, -0.15) is 0 Å². The van der Waals surface area contributed by atoms with Gasteiger partial charge in [0.05, 0.1) is 6.04 Å². The molecule has 0 amide bonds. The van der Waals surface area contributed by atoms with Gasteiger partial charge in [-0.05, 0) is 30.4 Å². The van der Waals surface area contributed by atoms with E-state index in [4.69, 9.17) is 5.73 Å². The van der Waals surface area contributed by atoms with Gasteiger partial charge in [-0.3, -0.25) is 0 Å². The molecular weight excluding hydrogens is 200 g/mol. The summed E-state index contributed by atoms with van der Waals surface area (Å²) in [4.78, 5) is 8.56. The first-order valence-corrected chi connectivity index (χ1v) is 5.68. The summed E-state index contributed by atoms with van der Waals surface area (Å²) in [5.74, 6) is 2.60. The fourth-order valence-electron chi connectivity index (χ4n) is 1.84. The van der Waals surface area contributed by atoms with Gasteiger partial charge in [0.25, 0.3) is 0 Å². The normalized spacial score (nSPS) is 24.6. The van der Waals surface area contributed by atoms with E-state index in [0.29, 0.717) is 23.8 Å². The smallest absolute Gasteiger partial charge is 0.194 e. The van der Waals surface area contributed by atoms with Crippen molar-refractivity contribution in [1.82, 2.24) is 4.98 Å². The van der Waals surface area contributed by atoms with Crippen LogP contribution in [0.15, 0.2) is 29.4 Å². The molecule has 1 aliphatic carbocycles. The summed E-state index contributed by atoms with van der Waals surface area (Å²) < 4.78 is 0. The van der Waals surface area contributed by atoms with E-state index in [0.717, 1.165) is 12.2 Å². The number of hydrogen-bond donors (Lipinski definition) is 2. The van der Waals surface area contributed by atoms with E-state index in [1.165, 1.54) is 0 Å². The van der Waals surface area contributed by atoms with Crippen LogP contribution in [0.2, 0.25) is 0 Å². The molecule has 4 nitrogen and oxygen atoms in total. The molecule has 3 N–H and O–H groups in total. The Bertz CT molecular complexity index is 372. The quantitative estimate of drug-likeness (QED) is 0.601. The minimum absolute atomic E-state index is 0.399. The molecule has 0 aromatic carbocycles. The van der Waals surface area contributed by atoms with Crippen LogP contribution in [0.1, 0.15) is 20.3 Å². The second-order valence-electron chi connectivity index (χ2n) is 4.57. The molecule has 2 rings (SSSR count). The van der Waals surface area contributed by atoms with Crippen molar-refractivity contribution < 1.29 is 0 Å². The molecule has 0 unspecified atom stereocenters. The number of pyridine rings is 1. The zero-order valence-electron chi connectivity index (χ0n) is 9.72. The number of nitrogens with zero attached hydrogens (tertiary/aromatic N) is 2. The van der Waals surface area contributed by atoms with Crippen molar-refractivity contribution >= 4 is 11.8 Å². The number of hydrogen-bond acceptors (Lipinski definition) is 2. The Hall–Kier alpha value is -1.58. The zero-order valence-corrected chi connectivity index (χ0v) is 9.72. The molecule has 86 valence electrons. The lowest BCUT2D eigenvalue weighted by Gasteiger charge is -2.04. The summed E-state index contributed by atoms with van der Waals surface area (Å²) in [6.07, 6.45) is 2.88. The van der Waals surface area contributed by atoms with Crippen molar-refractivity contribution in [2.24, 2.45) is 22.6 Å². The van der Waals surface area contributed by atoms with Crippen molar-refractivity contribution in [2.45, 2.75) is 26.3 Å². The molecule has 1 aromatic heterocycles. The molecular formula is C12H18N4. The molecule has 4 heteroatoms. The fraction of sp³-hybridized carbons (Fsp3) is 0.500. The first-order valence-electron chi connectivity index (χ1n) is 5.68. The highest BCUT2D eigenvalue weighted by molar-refractivity contribution is 5.91. The molecule has 0 radical (unpaired) electrons. The van der Waals surface area contributed by atoms with E-state index in [-0.39, 0.29) is 0 Å². The Kier molecular flexibility index (Phi) is 3.08. The van der Waals surface area contributed by atoms with Crippen LogP contribution in [-0.4, -0.2) is 17.0 Å². The Morgan fingerprint density at radius 1 is 1.56 bits per heavy atom. The van der Waals surface area contributed by atoms with Crippen LogP contribution in [0.4, 0.5) is 5.82 Å². The second kappa shape index (κ2) is 4.51. The summed E-state index contributed by atoms with van der Waals surface area (Å²) in [6.45, 7) is 4.45. The van der Waals surface area contributed by atoms with Crippen LogP contribution in [0, 0.1) is 11.8 Å². The van der Waals surface area contributed by atoms with E-state index in [2.05, 4.69) is 29.1 Å². The van der Waals surface area contributed by atoms with Crippen molar-refractivity contribution in [2.75, 3.05) is 5.32 Å². The Morgan fingerprint density at radius 2 is 2.38 bits per heavy atom. The number of aliphatic imine (C=N–C) groups is 1. The van der Waals surface area contributed by atoms with Gasteiger partial charge in [0.1, 0.15) is 5.82 Å². The predicted molar refractivity (Wildman–Crippen MR) is 66.2 cm³/mol. The molecule has 0 bridgehead atoms. The number of nitrogens with one attached hydrogen (secondary N) is 1. The fourth-order valence-corrected chi connectivity index (χ4v) is 1.84. The van der Waals surface area contributed by atoms with Crippen LogP contribution in [0.25, 0.3) is 0 Å². The van der Waals surface area contributed by atoms with Gasteiger partial charge in [-0.15, -0.1) is 0 Å². The molecule has 0 saturated heterocycles. The lowest BCUT2D eigenvalue weighted by Crippen LogP contribution is -2.23. The van der Waals surface area contributed by atoms with Gasteiger partial charge in [-0.25, -0.2) is 9.98 Å². The van der Waals surface area contributed by atoms with E-state index in [1.807, 2.05) is 18.2 Å². The number of aromatic nitrogens is 1. The number of guanidine groups is 1. The van der Waals surface area contributed by atoms with E-state index in [1.54, 1.807) is 6.20 Å².